The van der Waals surface area contributed by atoms with E-state index in [2.05, 4.69) is 0 Å². The number of carboxylic acids is 1. The quantitative estimate of drug-likeness (QED) is 0.640. The summed E-state index contributed by atoms with van der Waals surface area (Å²) in [6.07, 6.45) is 2.89. The maximum atomic E-state index is 14.9. The number of hydrogen-bond donors (Lipinski definition) is 1. The van der Waals surface area contributed by atoms with Crippen molar-refractivity contribution in [3.8, 4) is 0 Å². The van der Waals surface area contributed by atoms with Crippen molar-refractivity contribution in [3.05, 3.63) is 39.9 Å². The first kappa shape index (κ1) is 22.3. The minimum atomic E-state index is -4.60. The lowest BCUT2D eigenvalue weighted by Crippen LogP contribution is -2.51. The summed E-state index contributed by atoms with van der Waals surface area (Å²) in [5.41, 5.74) is -0.676. The van der Waals surface area contributed by atoms with Crippen LogP contribution in [0.1, 0.15) is 29.2 Å². The molecule has 1 aliphatic carbocycles. The van der Waals surface area contributed by atoms with E-state index in [0.717, 1.165) is 23.2 Å². The lowest BCUT2D eigenvalue weighted by atomic mass is 10.1. The van der Waals surface area contributed by atoms with Crippen LogP contribution in [0.2, 0.25) is 0 Å². The molecule has 31 heavy (non-hydrogen) atoms. The molecule has 8 nitrogen and oxygen atoms in total. The van der Waals surface area contributed by atoms with Crippen LogP contribution in [-0.4, -0.2) is 58.5 Å². The molecular formula is C18H17Cl2F2N3O5S. The summed E-state index contributed by atoms with van der Waals surface area (Å²) < 4.78 is 51.6. The number of halogens is 4. The highest BCUT2D eigenvalue weighted by Gasteiger charge is 2.45. The Morgan fingerprint density at radius 2 is 1.77 bits per heavy atom. The molecule has 168 valence electrons. The Morgan fingerprint density at radius 3 is 2.29 bits per heavy atom. The van der Waals surface area contributed by atoms with Crippen molar-refractivity contribution in [2.75, 3.05) is 31.1 Å². The van der Waals surface area contributed by atoms with E-state index in [0.29, 0.717) is 5.52 Å². The third kappa shape index (κ3) is 3.88. The van der Waals surface area contributed by atoms with Crippen LogP contribution in [0.5, 0.6) is 0 Å². The second-order valence-corrected chi connectivity index (χ2v) is 11.2. The van der Waals surface area contributed by atoms with Crippen LogP contribution in [0.3, 0.4) is 0 Å². The van der Waals surface area contributed by atoms with E-state index in [1.165, 1.54) is 12.3 Å². The zero-order valence-electron chi connectivity index (χ0n) is 15.9. The number of anilines is 1. The zero-order valence-corrected chi connectivity index (χ0v) is 18.2. The number of aromatic nitrogens is 1. The summed E-state index contributed by atoms with van der Waals surface area (Å²) in [7, 11) is -4.60. The third-order valence-corrected chi connectivity index (χ3v) is 8.28. The third-order valence-electron chi connectivity index (χ3n) is 5.48. The number of piperazine rings is 1. The molecule has 1 N–H and O–H groups in total. The summed E-state index contributed by atoms with van der Waals surface area (Å²) in [5, 5.41) is 9.27. The van der Waals surface area contributed by atoms with Crippen molar-refractivity contribution in [2.24, 2.45) is 0 Å². The van der Waals surface area contributed by atoms with Crippen LogP contribution in [-0.2, 0) is 10.0 Å². The van der Waals surface area contributed by atoms with E-state index in [9.17, 15) is 31.9 Å². The molecule has 1 aromatic carbocycles. The molecule has 2 fully saturated rings. The van der Waals surface area contributed by atoms with Gasteiger partial charge in [-0.15, -0.1) is 0 Å². The number of alkyl halides is 3. The number of sulfonamides is 1. The number of carbonyl (C=O) groups is 1. The average Bonchev–Trinajstić information content (AvgIpc) is 3.52. The lowest BCUT2D eigenvalue weighted by Gasteiger charge is -2.36. The van der Waals surface area contributed by atoms with Crippen LogP contribution in [0.25, 0.3) is 10.9 Å². The van der Waals surface area contributed by atoms with Crippen molar-refractivity contribution in [3.63, 3.8) is 0 Å². The van der Waals surface area contributed by atoms with Gasteiger partial charge in [0.2, 0.25) is 5.43 Å². The van der Waals surface area contributed by atoms with Gasteiger partial charge in [0.15, 0.2) is 0 Å². The number of fused-ring (bicyclic) bond motifs is 1. The van der Waals surface area contributed by atoms with Gasteiger partial charge in [-0.3, -0.25) is 4.79 Å². The fourth-order valence-corrected chi connectivity index (χ4v) is 5.25. The summed E-state index contributed by atoms with van der Waals surface area (Å²) >= 11 is 10.3. The maximum Gasteiger partial charge on any atom is 0.372 e. The van der Waals surface area contributed by atoms with E-state index in [4.69, 9.17) is 23.2 Å². The van der Waals surface area contributed by atoms with Crippen molar-refractivity contribution in [1.29, 1.82) is 0 Å². The van der Waals surface area contributed by atoms with Gasteiger partial charge in [-0.25, -0.2) is 17.6 Å². The summed E-state index contributed by atoms with van der Waals surface area (Å²) in [4.78, 5) is 25.5. The molecule has 1 saturated carbocycles. The lowest BCUT2D eigenvalue weighted by molar-refractivity contribution is 0.0695. The van der Waals surface area contributed by atoms with Gasteiger partial charge in [0.05, 0.1) is 11.2 Å². The van der Waals surface area contributed by atoms with E-state index in [-0.39, 0.29) is 43.3 Å². The Hall–Kier alpha value is -1.95. The van der Waals surface area contributed by atoms with E-state index >= 15 is 0 Å². The van der Waals surface area contributed by atoms with Crippen LogP contribution >= 0.6 is 23.2 Å². The molecule has 0 unspecified atom stereocenters. The molecule has 0 radical (unpaired) electrons. The molecule has 2 aromatic rings. The van der Waals surface area contributed by atoms with Crippen LogP contribution < -0.4 is 10.3 Å². The first-order chi connectivity index (χ1) is 14.4. The molecule has 2 aliphatic rings. The van der Waals surface area contributed by atoms with Crippen LogP contribution in [0.4, 0.5) is 14.5 Å². The van der Waals surface area contributed by atoms with E-state index in [1.807, 2.05) is 0 Å². The molecule has 1 aromatic heterocycles. The van der Waals surface area contributed by atoms with Crippen molar-refractivity contribution < 1.29 is 27.1 Å². The standard InChI is InChI=1S/C18H17Cl2F2N3O5S/c19-18(20,22)31(29,30)24-5-3-23(4-6-24)15-8-14-11(7-13(15)21)16(26)12(17(27)28)9-25(14)10-1-2-10/h7-10H,1-6H2,(H,27,28). The fraction of sp³-hybridized carbons (Fsp3) is 0.444. The number of pyridine rings is 1. The van der Waals surface area contributed by atoms with Crippen molar-refractivity contribution >= 4 is 55.8 Å². The highest BCUT2D eigenvalue weighted by molar-refractivity contribution is 7.93. The number of carboxylic acid groups (broad SMARTS) is 1. The van der Waals surface area contributed by atoms with E-state index < -0.39 is 36.7 Å². The van der Waals surface area contributed by atoms with Gasteiger partial charge in [0.25, 0.3) is 10.0 Å². The Kier molecular flexibility index (Phi) is 5.44. The summed E-state index contributed by atoms with van der Waals surface area (Å²) in [6.45, 7) is -0.268. The number of nitrogens with zero attached hydrogens (tertiary/aromatic N) is 3. The number of aromatic carboxylic acids is 1. The first-order valence-corrected chi connectivity index (χ1v) is 11.5. The van der Waals surface area contributed by atoms with Crippen LogP contribution in [0, 0.1) is 5.82 Å². The second kappa shape index (κ2) is 7.58. The molecule has 13 heteroatoms. The minimum Gasteiger partial charge on any atom is -0.477 e. The van der Waals surface area contributed by atoms with Gasteiger partial charge in [-0.1, -0.05) is 0 Å². The van der Waals surface area contributed by atoms with E-state index in [1.54, 1.807) is 9.47 Å². The van der Waals surface area contributed by atoms with Gasteiger partial charge in [-0.2, -0.15) is 8.70 Å². The first-order valence-electron chi connectivity index (χ1n) is 9.35. The summed E-state index contributed by atoms with van der Waals surface area (Å²) in [6, 6.07) is 2.49. The zero-order chi connectivity index (χ0) is 22.7. The van der Waals surface area contributed by atoms with Crippen LogP contribution in [0.15, 0.2) is 23.1 Å². The predicted octanol–water partition coefficient (Wildman–Crippen LogP) is 2.68. The molecule has 2 heterocycles. The smallest absolute Gasteiger partial charge is 0.372 e. The average molecular weight is 496 g/mol. The topological polar surface area (TPSA) is 99.9 Å². The molecule has 1 aliphatic heterocycles. The van der Waals surface area contributed by atoms with Gasteiger partial charge in [0, 0.05) is 43.8 Å². The monoisotopic (exact) mass is 495 g/mol. The maximum absolute atomic E-state index is 14.9. The van der Waals surface area contributed by atoms with Crippen molar-refractivity contribution in [1.82, 2.24) is 8.87 Å². The Labute approximate surface area is 185 Å². The Balaban J connectivity index is 1.71. The molecule has 0 bridgehead atoms. The number of hydrogen-bond acceptors (Lipinski definition) is 5. The Morgan fingerprint density at radius 1 is 1.16 bits per heavy atom. The van der Waals surface area contributed by atoms with Gasteiger partial charge < -0.3 is 14.6 Å². The molecule has 0 atom stereocenters. The molecule has 1 saturated heterocycles. The number of rotatable bonds is 5. The molecule has 4 rings (SSSR count). The largest absolute Gasteiger partial charge is 0.477 e. The molecular weight excluding hydrogens is 479 g/mol. The molecule has 0 amide bonds. The normalized spacial score (nSPS) is 18.5. The van der Waals surface area contributed by atoms with Crippen molar-refractivity contribution in [2.45, 2.75) is 22.8 Å². The molecule has 0 spiro atoms. The summed E-state index contributed by atoms with van der Waals surface area (Å²) in [5.74, 6) is -2.13. The highest BCUT2D eigenvalue weighted by atomic mass is 35.5. The van der Waals surface area contributed by atoms with Gasteiger partial charge in [-0.05, 0) is 48.2 Å². The number of benzene rings is 1. The fourth-order valence-electron chi connectivity index (χ4n) is 3.72. The second-order valence-electron chi connectivity index (χ2n) is 7.47. The predicted molar refractivity (Wildman–Crippen MR) is 112 cm³/mol. The van der Waals surface area contributed by atoms with Gasteiger partial charge >= 0.3 is 9.89 Å². The highest BCUT2D eigenvalue weighted by Crippen LogP contribution is 2.38. The minimum absolute atomic E-state index is 0.0200. The SMILES string of the molecule is O=C(O)c1cn(C2CC2)c2cc(N3CCN(S(=O)(=O)C(F)(Cl)Cl)CC3)c(F)cc2c1=O. The Bertz CT molecular complexity index is 1230. The van der Waals surface area contributed by atoms with Gasteiger partial charge in [0.1, 0.15) is 11.4 Å².